The molecule has 0 aliphatic carbocycles. The molecular weight excluding hydrogens is 332 g/mol. The maximum absolute atomic E-state index is 12.2. The molecule has 2 amide bonds. The van der Waals surface area contributed by atoms with Crippen LogP contribution in [0, 0.1) is 0 Å². The van der Waals surface area contributed by atoms with Crippen molar-refractivity contribution in [3.05, 3.63) is 41.6 Å². The SMILES string of the molecule is Nc1ccc(Oc2ccnc(NC(=O)N3CCOCC3)c2)cc1Cl. The molecule has 2 heterocycles. The van der Waals surface area contributed by atoms with Gasteiger partial charge in [-0.25, -0.2) is 9.78 Å². The van der Waals surface area contributed by atoms with Gasteiger partial charge in [0.2, 0.25) is 0 Å². The molecule has 1 aliphatic rings. The molecule has 2 aromatic rings. The van der Waals surface area contributed by atoms with Crippen molar-refractivity contribution in [2.75, 3.05) is 37.4 Å². The van der Waals surface area contributed by atoms with E-state index < -0.39 is 0 Å². The summed E-state index contributed by atoms with van der Waals surface area (Å²) in [4.78, 5) is 18.0. The van der Waals surface area contributed by atoms with Crippen molar-refractivity contribution in [3.63, 3.8) is 0 Å². The lowest BCUT2D eigenvalue weighted by Gasteiger charge is -2.26. The summed E-state index contributed by atoms with van der Waals surface area (Å²) in [6.07, 6.45) is 1.56. The third kappa shape index (κ3) is 4.06. The van der Waals surface area contributed by atoms with E-state index in [-0.39, 0.29) is 6.03 Å². The van der Waals surface area contributed by atoms with E-state index in [4.69, 9.17) is 26.8 Å². The maximum Gasteiger partial charge on any atom is 0.323 e. The lowest BCUT2D eigenvalue weighted by molar-refractivity contribution is 0.0564. The van der Waals surface area contributed by atoms with E-state index in [0.717, 1.165) is 0 Å². The Hall–Kier alpha value is -2.51. The van der Waals surface area contributed by atoms with Gasteiger partial charge in [0.1, 0.15) is 17.3 Å². The van der Waals surface area contributed by atoms with Crippen LogP contribution in [0.3, 0.4) is 0 Å². The number of nitrogen functional groups attached to an aromatic ring is 1. The van der Waals surface area contributed by atoms with Crippen LogP contribution in [-0.2, 0) is 4.74 Å². The van der Waals surface area contributed by atoms with E-state index in [1.807, 2.05) is 0 Å². The molecule has 3 rings (SSSR count). The van der Waals surface area contributed by atoms with Gasteiger partial charge in [-0.3, -0.25) is 5.32 Å². The van der Waals surface area contributed by atoms with Crippen molar-refractivity contribution in [2.24, 2.45) is 0 Å². The van der Waals surface area contributed by atoms with Crippen molar-refractivity contribution in [1.82, 2.24) is 9.88 Å². The highest BCUT2D eigenvalue weighted by Gasteiger charge is 2.17. The Morgan fingerprint density at radius 1 is 1.25 bits per heavy atom. The fourth-order valence-corrected chi connectivity index (χ4v) is 2.38. The van der Waals surface area contributed by atoms with Crippen molar-refractivity contribution in [2.45, 2.75) is 0 Å². The normalized spacial score (nSPS) is 14.3. The van der Waals surface area contributed by atoms with Gasteiger partial charge >= 0.3 is 6.03 Å². The number of benzene rings is 1. The highest BCUT2D eigenvalue weighted by atomic mass is 35.5. The number of morpholine rings is 1. The van der Waals surface area contributed by atoms with Gasteiger partial charge in [-0.15, -0.1) is 0 Å². The van der Waals surface area contributed by atoms with E-state index in [2.05, 4.69) is 10.3 Å². The highest BCUT2D eigenvalue weighted by molar-refractivity contribution is 6.33. The van der Waals surface area contributed by atoms with Crippen molar-refractivity contribution < 1.29 is 14.3 Å². The number of pyridine rings is 1. The molecule has 1 fully saturated rings. The number of nitrogens with two attached hydrogens (primary N) is 1. The molecule has 3 N–H and O–H groups in total. The lowest BCUT2D eigenvalue weighted by Crippen LogP contribution is -2.43. The van der Waals surface area contributed by atoms with Gasteiger partial charge in [0, 0.05) is 31.4 Å². The second-order valence-electron chi connectivity index (χ2n) is 5.19. The summed E-state index contributed by atoms with van der Waals surface area (Å²) < 4.78 is 10.9. The van der Waals surface area contributed by atoms with Gasteiger partial charge in [-0.1, -0.05) is 11.6 Å². The molecule has 0 spiro atoms. The summed E-state index contributed by atoms with van der Waals surface area (Å²) in [6, 6.07) is 8.13. The van der Waals surface area contributed by atoms with E-state index in [1.54, 1.807) is 41.4 Å². The third-order valence-corrected chi connectivity index (χ3v) is 3.80. The Morgan fingerprint density at radius 3 is 2.75 bits per heavy atom. The summed E-state index contributed by atoms with van der Waals surface area (Å²) in [6.45, 7) is 2.21. The fourth-order valence-electron chi connectivity index (χ4n) is 2.21. The first-order chi connectivity index (χ1) is 11.6. The molecule has 7 nitrogen and oxygen atoms in total. The minimum atomic E-state index is -0.210. The average molecular weight is 349 g/mol. The Balaban J connectivity index is 1.67. The number of ether oxygens (including phenoxy) is 2. The Kier molecular flexibility index (Phi) is 5.02. The number of nitrogens with zero attached hydrogens (tertiary/aromatic N) is 2. The van der Waals surface area contributed by atoms with Crippen LogP contribution in [0.5, 0.6) is 11.5 Å². The largest absolute Gasteiger partial charge is 0.457 e. The number of hydrogen-bond acceptors (Lipinski definition) is 5. The molecule has 126 valence electrons. The zero-order valence-corrected chi connectivity index (χ0v) is 13.6. The predicted octanol–water partition coefficient (Wildman–Crippen LogP) is 2.97. The van der Waals surface area contributed by atoms with Gasteiger partial charge in [-0.05, 0) is 18.2 Å². The molecule has 1 aromatic carbocycles. The molecule has 1 aliphatic heterocycles. The molecule has 0 atom stereocenters. The molecule has 8 heteroatoms. The quantitative estimate of drug-likeness (QED) is 0.832. The first kappa shape index (κ1) is 16.4. The molecule has 0 radical (unpaired) electrons. The standard InChI is InChI=1S/C16H17ClN4O3/c17-13-9-11(1-2-14(13)18)24-12-3-4-19-15(10-12)20-16(22)21-5-7-23-8-6-21/h1-4,9-10H,5-8,18H2,(H,19,20,22). The summed E-state index contributed by atoms with van der Waals surface area (Å²) in [5, 5.41) is 3.17. The number of nitrogens with one attached hydrogen (secondary N) is 1. The van der Waals surface area contributed by atoms with Gasteiger partial charge in [0.05, 0.1) is 23.9 Å². The predicted molar refractivity (Wildman–Crippen MR) is 91.6 cm³/mol. The van der Waals surface area contributed by atoms with Crippen LogP contribution in [0.25, 0.3) is 0 Å². The fraction of sp³-hybridized carbons (Fsp3) is 0.250. The van der Waals surface area contributed by atoms with Crippen LogP contribution < -0.4 is 15.8 Å². The maximum atomic E-state index is 12.2. The molecule has 1 saturated heterocycles. The second kappa shape index (κ2) is 7.37. The van der Waals surface area contributed by atoms with Crippen LogP contribution in [0.2, 0.25) is 5.02 Å². The average Bonchev–Trinajstić information content (AvgIpc) is 2.59. The number of carbonyl (C=O) groups is 1. The van der Waals surface area contributed by atoms with Crippen LogP contribution in [-0.4, -0.2) is 42.2 Å². The number of anilines is 2. The first-order valence-corrected chi connectivity index (χ1v) is 7.82. The van der Waals surface area contributed by atoms with Gasteiger partial charge in [0.25, 0.3) is 0 Å². The van der Waals surface area contributed by atoms with Crippen LogP contribution in [0.1, 0.15) is 0 Å². The highest BCUT2D eigenvalue weighted by Crippen LogP contribution is 2.28. The number of halogens is 1. The molecule has 0 saturated carbocycles. The van der Waals surface area contributed by atoms with Crippen molar-refractivity contribution in [1.29, 1.82) is 0 Å². The second-order valence-corrected chi connectivity index (χ2v) is 5.60. The Morgan fingerprint density at radius 2 is 2.00 bits per heavy atom. The van der Waals surface area contributed by atoms with E-state index in [9.17, 15) is 4.79 Å². The number of urea groups is 1. The number of amides is 2. The summed E-state index contributed by atoms with van der Waals surface area (Å²) in [7, 11) is 0. The topological polar surface area (TPSA) is 89.7 Å². The Bertz CT molecular complexity index is 735. The third-order valence-electron chi connectivity index (χ3n) is 3.47. The molecule has 24 heavy (non-hydrogen) atoms. The summed E-state index contributed by atoms with van der Waals surface area (Å²) in [5.74, 6) is 1.49. The van der Waals surface area contributed by atoms with Crippen LogP contribution in [0.4, 0.5) is 16.3 Å². The molecule has 0 unspecified atom stereocenters. The minimum absolute atomic E-state index is 0.210. The summed E-state index contributed by atoms with van der Waals surface area (Å²) >= 11 is 5.98. The molecular formula is C16H17ClN4O3. The van der Waals surface area contributed by atoms with Crippen molar-refractivity contribution >= 4 is 29.1 Å². The van der Waals surface area contributed by atoms with E-state index >= 15 is 0 Å². The number of carbonyl (C=O) groups excluding carboxylic acids is 1. The zero-order valence-electron chi connectivity index (χ0n) is 12.9. The number of aromatic nitrogens is 1. The number of rotatable bonds is 3. The molecule has 0 bridgehead atoms. The minimum Gasteiger partial charge on any atom is -0.457 e. The van der Waals surface area contributed by atoms with Crippen LogP contribution >= 0.6 is 11.6 Å². The van der Waals surface area contributed by atoms with Crippen molar-refractivity contribution in [3.8, 4) is 11.5 Å². The van der Waals surface area contributed by atoms with E-state index in [1.165, 1.54) is 0 Å². The Labute approximate surface area is 144 Å². The monoisotopic (exact) mass is 348 g/mol. The smallest absolute Gasteiger partial charge is 0.323 e. The number of hydrogen-bond donors (Lipinski definition) is 2. The van der Waals surface area contributed by atoms with Gasteiger partial charge in [-0.2, -0.15) is 0 Å². The summed E-state index contributed by atoms with van der Waals surface area (Å²) in [5.41, 5.74) is 6.16. The first-order valence-electron chi connectivity index (χ1n) is 7.44. The zero-order chi connectivity index (χ0) is 16.9. The van der Waals surface area contributed by atoms with Crippen LogP contribution in [0.15, 0.2) is 36.5 Å². The van der Waals surface area contributed by atoms with E-state index in [0.29, 0.717) is 54.3 Å². The van der Waals surface area contributed by atoms with Gasteiger partial charge in [0.15, 0.2) is 0 Å². The lowest BCUT2D eigenvalue weighted by atomic mass is 10.3. The molecule has 1 aromatic heterocycles. The van der Waals surface area contributed by atoms with Gasteiger partial charge < -0.3 is 20.1 Å².